The van der Waals surface area contributed by atoms with Gasteiger partial charge >= 0.3 is 0 Å². The second-order valence-electron chi connectivity index (χ2n) is 6.07. The minimum atomic E-state index is -0.313. The van der Waals surface area contributed by atoms with Gasteiger partial charge in [0.05, 0.1) is 0 Å². The van der Waals surface area contributed by atoms with Gasteiger partial charge in [-0.1, -0.05) is 29.3 Å². The van der Waals surface area contributed by atoms with Crippen LogP contribution in [-0.2, 0) is 4.79 Å². The molecule has 0 bridgehead atoms. The molecule has 3 rings (SSSR count). The van der Waals surface area contributed by atoms with Gasteiger partial charge in [-0.25, -0.2) is 0 Å². The monoisotopic (exact) mass is 388 g/mol. The second kappa shape index (κ2) is 8.39. The molecule has 1 heterocycles. The second-order valence-corrected chi connectivity index (χ2v) is 6.91. The number of halogens is 2. The van der Waals surface area contributed by atoms with E-state index in [1.54, 1.807) is 48.5 Å². The summed E-state index contributed by atoms with van der Waals surface area (Å²) in [4.78, 5) is 26.4. The summed E-state index contributed by atoms with van der Waals surface area (Å²) in [5, 5.41) is 3.81. The maximum Gasteiger partial charge on any atom is 0.253 e. The zero-order chi connectivity index (χ0) is 18.5. The van der Waals surface area contributed by atoms with E-state index in [0.717, 1.165) is 25.9 Å². The summed E-state index contributed by atoms with van der Waals surface area (Å²) in [7, 11) is 0. The lowest BCUT2D eigenvalue weighted by Crippen LogP contribution is -2.27. The predicted molar refractivity (Wildman–Crippen MR) is 106 cm³/mol. The molecule has 0 unspecified atom stereocenters. The minimum absolute atomic E-state index is 0.000139. The van der Waals surface area contributed by atoms with Crippen LogP contribution in [0.4, 0.5) is 5.69 Å². The Kier molecular flexibility index (Phi) is 5.96. The molecule has 1 saturated heterocycles. The van der Waals surface area contributed by atoms with Crippen LogP contribution in [0.3, 0.4) is 0 Å². The number of amides is 2. The number of hydrogen-bond acceptors (Lipinski definition) is 2. The number of nitrogens with one attached hydrogen (secondary N) is 1. The largest absolute Gasteiger partial charge is 0.339 e. The third-order valence-corrected chi connectivity index (χ3v) is 4.72. The van der Waals surface area contributed by atoms with Gasteiger partial charge in [-0.15, -0.1) is 0 Å². The predicted octanol–water partition coefficient (Wildman–Crippen LogP) is 4.88. The van der Waals surface area contributed by atoms with E-state index in [4.69, 9.17) is 23.2 Å². The Labute approximate surface area is 162 Å². The first-order chi connectivity index (χ1) is 12.5. The van der Waals surface area contributed by atoms with E-state index in [1.807, 2.05) is 4.90 Å². The van der Waals surface area contributed by atoms with Crippen molar-refractivity contribution in [3.63, 3.8) is 0 Å². The number of anilines is 1. The Hall–Kier alpha value is -2.30. The number of likely N-dealkylation sites (tertiary alicyclic amines) is 1. The smallest absolute Gasteiger partial charge is 0.253 e. The molecule has 1 fully saturated rings. The van der Waals surface area contributed by atoms with Gasteiger partial charge in [0.2, 0.25) is 5.91 Å². The zero-order valence-electron chi connectivity index (χ0n) is 14.0. The summed E-state index contributed by atoms with van der Waals surface area (Å²) in [5.41, 5.74) is 1.81. The maximum absolute atomic E-state index is 12.4. The zero-order valence-corrected chi connectivity index (χ0v) is 15.6. The third kappa shape index (κ3) is 4.65. The molecule has 2 amide bonds. The average molecular weight is 389 g/mol. The normalized spacial score (nSPS) is 14.0. The molecule has 2 aromatic carbocycles. The number of carbonyl (C=O) groups is 2. The maximum atomic E-state index is 12.4. The molecule has 6 heteroatoms. The molecule has 1 aliphatic rings. The standard InChI is InChI=1S/C20H18Cl2N2O2/c21-16-7-8-18(22)14(12-16)6-9-19(25)23-17-5-3-4-15(13-17)20(26)24-10-1-2-11-24/h3-9,12-13H,1-2,10-11H2,(H,23,25)/b9-6+. The summed E-state index contributed by atoms with van der Waals surface area (Å²) >= 11 is 12.0. The van der Waals surface area contributed by atoms with Gasteiger partial charge in [-0.3, -0.25) is 9.59 Å². The van der Waals surface area contributed by atoms with Gasteiger partial charge < -0.3 is 10.2 Å². The molecular formula is C20H18Cl2N2O2. The first-order valence-electron chi connectivity index (χ1n) is 8.36. The van der Waals surface area contributed by atoms with Crippen molar-refractivity contribution in [1.82, 2.24) is 4.90 Å². The highest BCUT2D eigenvalue weighted by molar-refractivity contribution is 6.34. The van der Waals surface area contributed by atoms with E-state index in [2.05, 4.69) is 5.32 Å². The average Bonchev–Trinajstić information content (AvgIpc) is 3.17. The van der Waals surface area contributed by atoms with Crippen molar-refractivity contribution in [2.45, 2.75) is 12.8 Å². The molecule has 0 radical (unpaired) electrons. The summed E-state index contributed by atoms with van der Waals surface area (Å²) in [6.45, 7) is 1.58. The number of benzene rings is 2. The molecule has 0 atom stereocenters. The van der Waals surface area contributed by atoms with Crippen molar-refractivity contribution in [3.8, 4) is 0 Å². The molecule has 1 N–H and O–H groups in total. The molecular weight excluding hydrogens is 371 g/mol. The first-order valence-corrected chi connectivity index (χ1v) is 9.12. The number of rotatable bonds is 4. The van der Waals surface area contributed by atoms with Gasteiger partial charge in [0, 0.05) is 40.5 Å². The Morgan fingerprint density at radius 3 is 2.58 bits per heavy atom. The van der Waals surface area contributed by atoms with Crippen LogP contribution < -0.4 is 5.32 Å². The molecule has 26 heavy (non-hydrogen) atoms. The van der Waals surface area contributed by atoms with Crippen LogP contribution in [0.25, 0.3) is 6.08 Å². The molecule has 0 aromatic heterocycles. The SMILES string of the molecule is O=C(/C=C/c1cc(Cl)ccc1Cl)Nc1cccc(C(=O)N2CCCC2)c1. The van der Waals surface area contributed by atoms with Crippen molar-refractivity contribution in [3.05, 3.63) is 69.7 Å². The van der Waals surface area contributed by atoms with Crippen LogP contribution in [0.2, 0.25) is 10.0 Å². The molecule has 134 valence electrons. The molecule has 4 nitrogen and oxygen atoms in total. The molecule has 0 spiro atoms. The minimum Gasteiger partial charge on any atom is -0.339 e. The van der Waals surface area contributed by atoms with Crippen LogP contribution in [0, 0.1) is 0 Å². The van der Waals surface area contributed by atoms with Crippen LogP contribution in [-0.4, -0.2) is 29.8 Å². The van der Waals surface area contributed by atoms with Crippen molar-refractivity contribution in [2.24, 2.45) is 0 Å². The molecule has 1 aliphatic heterocycles. The van der Waals surface area contributed by atoms with Crippen molar-refractivity contribution in [1.29, 1.82) is 0 Å². The topological polar surface area (TPSA) is 49.4 Å². The highest BCUT2D eigenvalue weighted by Crippen LogP contribution is 2.22. The van der Waals surface area contributed by atoms with E-state index in [9.17, 15) is 9.59 Å². The van der Waals surface area contributed by atoms with E-state index in [1.165, 1.54) is 6.08 Å². The lowest BCUT2D eigenvalue weighted by molar-refractivity contribution is -0.111. The number of carbonyl (C=O) groups excluding carboxylic acids is 2. The summed E-state index contributed by atoms with van der Waals surface area (Å²) in [6.07, 6.45) is 5.06. The summed E-state index contributed by atoms with van der Waals surface area (Å²) in [5.74, 6) is -0.313. The van der Waals surface area contributed by atoms with E-state index >= 15 is 0 Å². The highest BCUT2D eigenvalue weighted by atomic mass is 35.5. The first kappa shape index (κ1) is 18.5. The fourth-order valence-electron chi connectivity index (χ4n) is 2.82. The van der Waals surface area contributed by atoms with Crippen molar-refractivity contribution < 1.29 is 9.59 Å². The Bertz CT molecular complexity index is 859. The van der Waals surface area contributed by atoms with E-state index < -0.39 is 0 Å². The van der Waals surface area contributed by atoms with E-state index in [-0.39, 0.29) is 11.8 Å². The van der Waals surface area contributed by atoms with Gasteiger partial charge in [0.25, 0.3) is 5.91 Å². The lowest BCUT2D eigenvalue weighted by atomic mass is 10.1. The van der Waals surface area contributed by atoms with Crippen LogP contribution in [0.1, 0.15) is 28.8 Å². The Balaban J connectivity index is 1.67. The van der Waals surface area contributed by atoms with Crippen molar-refractivity contribution >= 4 is 46.8 Å². The molecule has 2 aromatic rings. The van der Waals surface area contributed by atoms with Crippen molar-refractivity contribution in [2.75, 3.05) is 18.4 Å². The Morgan fingerprint density at radius 2 is 1.81 bits per heavy atom. The number of nitrogens with zero attached hydrogens (tertiary/aromatic N) is 1. The highest BCUT2D eigenvalue weighted by Gasteiger charge is 2.19. The van der Waals surface area contributed by atoms with Crippen LogP contribution >= 0.6 is 23.2 Å². The van der Waals surface area contributed by atoms with Crippen LogP contribution in [0.5, 0.6) is 0 Å². The third-order valence-electron chi connectivity index (χ3n) is 4.14. The summed E-state index contributed by atoms with van der Waals surface area (Å²) in [6, 6.07) is 12.0. The molecule has 0 saturated carbocycles. The van der Waals surface area contributed by atoms with Crippen LogP contribution in [0.15, 0.2) is 48.5 Å². The number of hydrogen-bond donors (Lipinski definition) is 1. The van der Waals surface area contributed by atoms with Gasteiger partial charge in [0.1, 0.15) is 0 Å². The lowest BCUT2D eigenvalue weighted by Gasteiger charge is -2.15. The van der Waals surface area contributed by atoms with E-state index in [0.29, 0.717) is 26.9 Å². The fourth-order valence-corrected chi connectivity index (χ4v) is 3.19. The van der Waals surface area contributed by atoms with Gasteiger partial charge in [-0.05, 0) is 60.9 Å². The van der Waals surface area contributed by atoms with Gasteiger partial charge in [0.15, 0.2) is 0 Å². The van der Waals surface area contributed by atoms with Gasteiger partial charge in [-0.2, -0.15) is 0 Å². The summed E-state index contributed by atoms with van der Waals surface area (Å²) < 4.78 is 0. The fraction of sp³-hybridized carbons (Fsp3) is 0.200. The Morgan fingerprint density at radius 1 is 1.04 bits per heavy atom. The quantitative estimate of drug-likeness (QED) is 0.758. The molecule has 0 aliphatic carbocycles.